The van der Waals surface area contributed by atoms with Gasteiger partial charge in [-0.05, 0) is 48.0 Å². The topological polar surface area (TPSA) is 106 Å². The summed E-state index contributed by atoms with van der Waals surface area (Å²) in [5.41, 5.74) is -2.93. The fraction of sp³-hybridized carbons (Fsp3) is 0.136. The minimum atomic E-state index is -5.43. The number of fused-ring (bicyclic) bond motifs is 1. The lowest BCUT2D eigenvalue weighted by atomic mass is 10.1. The number of alkyl halides is 3. The molecule has 0 radical (unpaired) electrons. The number of H-pyrrole nitrogens is 1. The fourth-order valence-corrected chi connectivity index (χ4v) is 5.00. The van der Waals surface area contributed by atoms with Crippen molar-refractivity contribution in [2.24, 2.45) is 0 Å². The molecule has 0 fully saturated rings. The lowest BCUT2D eigenvalue weighted by Crippen LogP contribution is -2.23. The summed E-state index contributed by atoms with van der Waals surface area (Å²) in [7, 11) is -8.86. The monoisotopic (exact) mass is 510 g/mol. The van der Waals surface area contributed by atoms with Crippen LogP contribution < -0.4 is 4.74 Å². The van der Waals surface area contributed by atoms with Crippen LogP contribution in [-0.4, -0.2) is 38.6 Å². The van der Waals surface area contributed by atoms with E-state index in [1.807, 2.05) is 0 Å². The van der Waals surface area contributed by atoms with Gasteiger partial charge in [0.15, 0.2) is 9.84 Å². The molecule has 0 saturated carbocycles. The molecule has 4 aromatic rings. The van der Waals surface area contributed by atoms with Gasteiger partial charge in [0.25, 0.3) is 9.84 Å². The lowest BCUT2D eigenvalue weighted by molar-refractivity contribution is -0.0436. The van der Waals surface area contributed by atoms with Gasteiger partial charge in [-0.3, -0.25) is 0 Å². The average Bonchev–Trinajstić information content (AvgIpc) is 3.19. The van der Waals surface area contributed by atoms with E-state index in [0.717, 1.165) is 30.5 Å². The predicted octanol–water partition coefficient (Wildman–Crippen LogP) is 4.51. The highest BCUT2D eigenvalue weighted by Crippen LogP contribution is 2.32. The summed E-state index contributed by atoms with van der Waals surface area (Å²) in [5, 5.41) is 0. The zero-order valence-corrected chi connectivity index (χ0v) is 19.1. The second-order valence-electron chi connectivity index (χ2n) is 7.39. The highest BCUT2D eigenvalue weighted by atomic mass is 32.2. The van der Waals surface area contributed by atoms with Crippen LogP contribution in [0.4, 0.5) is 13.2 Å². The third-order valence-electron chi connectivity index (χ3n) is 4.94. The summed E-state index contributed by atoms with van der Waals surface area (Å²) < 4.78 is 90.5. The molecule has 0 atom stereocenters. The third-order valence-corrected chi connectivity index (χ3v) is 7.60. The fourth-order valence-electron chi connectivity index (χ4n) is 3.33. The molecule has 34 heavy (non-hydrogen) atoms. The van der Waals surface area contributed by atoms with Crippen molar-refractivity contribution >= 4 is 30.7 Å². The number of hydrogen-bond donors (Lipinski definition) is 1. The molecular weight excluding hydrogens is 493 g/mol. The Kier molecular flexibility index (Phi) is 5.90. The highest BCUT2D eigenvalue weighted by molar-refractivity contribution is 7.92. The Morgan fingerprint density at radius 2 is 1.62 bits per heavy atom. The van der Waals surface area contributed by atoms with Gasteiger partial charge in [0.2, 0.25) is 0 Å². The number of nitrogens with one attached hydrogen (secondary N) is 1. The highest BCUT2D eigenvalue weighted by Gasteiger charge is 2.46. The first-order chi connectivity index (χ1) is 15.9. The molecular formula is C22H17F3N2O5S2. The molecule has 0 amide bonds. The van der Waals surface area contributed by atoms with Crippen LogP contribution in [0, 0.1) is 0 Å². The smallest absolute Gasteiger partial charge is 0.486 e. The van der Waals surface area contributed by atoms with Gasteiger partial charge in [-0.1, -0.05) is 24.3 Å². The molecule has 0 aliphatic carbocycles. The molecule has 178 valence electrons. The van der Waals surface area contributed by atoms with E-state index < -0.39 is 30.1 Å². The first-order valence-electron chi connectivity index (χ1n) is 9.68. The van der Waals surface area contributed by atoms with Gasteiger partial charge in [-0.15, -0.1) is 0 Å². The maximum absolute atomic E-state index is 12.6. The van der Waals surface area contributed by atoms with Crippen LogP contribution in [0.5, 0.6) is 5.75 Å². The average molecular weight is 511 g/mol. The van der Waals surface area contributed by atoms with Crippen molar-refractivity contribution in [2.75, 3.05) is 6.26 Å². The molecule has 0 aliphatic rings. The summed E-state index contributed by atoms with van der Waals surface area (Å²) >= 11 is 0. The van der Waals surface area contributed by atoms with Crippen LogP contribution in [-0.2, 0) is 26.3 Å². The number of aromatic nitrogens is 2. The summed E-state index contributed by atoms with van der Waals surface area (Å²) in [6.45, 7) is -0.0602. The molecule has 12 heteroatoms. The van der Waals surface area contributed by atoms with E-state index in [2.05, 4.69) is 9.97 Å². The van der Waals surface area contributed by atoms with Crippen LogP contribution in [0.15, 0.2) is 76.5 Å². The van der Waals surface area contributed by atoms with Crippen molar-refractivity contribution in [3.63, 3.8) is 0 Å². The van der Waals surface area contributed by atoms with Crippen molar-refractivity contribution < 1.29 is 34.7 Å². The van der Waals surface area contributed by atoms with Gasteiger partial charge in [-0.25, -0.2) is 21.8 Å². The number of sulfone groups is 2. The van der Waals surface area contributed by atoms with Gasteiger partial charge < -0.3 is 9.72 Å². The Labute approximate surface area is 193 Å². The molecule has 0 unspecified atom stereocenters. The molecule has 1 heterocycles. The summed E-state index contributed by atoms with van der Waals surface area (Å²) in [6, 6.07) is 15.8. The van der Waals surface area contributed by atoms with Gasteiger partial charge in [-0.2, -0.15) is 13.2 Å². The molecule has 0 saturated heterocycles. The molecule has 7 nitrogen and oxygen atoms in total. The number of ether oxygens (including phenoxy) is 1. The van der Waals surface area contributed by atoms with Crippen molar-refractivity contribution in [2.45, 2.75) is 21.9 Å². The minimum Gasteiger partial charge on any atom is -0.486 e. The van der Waals surface area contributed by atoms with E-state index in [1.54, 1.807) is 36.4 Å². The Morgan fingerprint density at radius 3 is 2.26 bits per heavy atom. The standard InChI is InChI=1S/C22H17F3N2O5S2/c1-33(28,29)20-5-3-2-4-17(20)14-6-11-18-19(12-14)27-21(26-18)13-32-15-7-9-16(10-8-15)34(30,31)22(23,24)25/h2-12H,13H2,1H3,(H,26,27). The molecule has 3 aromatic carbocycles. The number of aromatic amines is 1. The molecule has 0 aliphatic heterocycles. The van der Waals surface area contributed by atoms with E-state index in [1.165, 1.54) is 6.07 Å². The second kappa shape index (κ2) is 8.44. The first-order valence-corrected chi connectivity index (χ1v) is 13.1. The quantitative estimate of drug-likeness (QED) is 0.409. The number of nitrogens with zero attached hydrogens (tertiary/aromatic N) is 1. The van der Waals surface area contributed by atoms with Gasteiger partial charge in [0.05, 0.1) is 20.8 Å². The van der Waals surface area contributed by atoms with Crippen molar-refractivity contribution in [1.29, 1.82) is 0 Å². The molecule has 0 bridgehead atoms. The Bertz CT molecular complexity index is 1580. The van der Waals surface area contributed by atoms with Gasteiger partial charge in [0, 0.05) is 11.8 Å². The Hall–Kier alpha value is -3.38. The summed E-state index contributed by atoms with van der Waals surface area (Å²) in [6.07, 6.45) is 1.14. The molecule has 1 aromatic heterocycles. The van der Waals surface area contributed by atoms with E-state index in [9.17, 15) is 30.0 Å². The summed E-state index contributed by atoms with van der Waals surface area (Å²) in [4.78, 5) is 6.76. The number of halogens is 3. The Morgan fingerprint density at radius 1 is 0.941 bits per heavy atom. The van der Waals surface area contributed by atoms with E-state index in [0.29, 0.717) is 28.0 Å². The van der Waals surface area contributed by atoms with Crippen LogP contribution in [0.25, 0.3) is 22.2 Å². The van der Waals surface area contributed by atoms with Crippen molar-refractivity contribution in [3.8, 4) is 16.9 Å². The number of benzene rings is 3. The second-order valence-corrected chi connectivity index (χ2v) is 11.3. The maximum Gasteiger partial charge on any atom is 0.501 e. The van der Waals surface area contributed by atoms with Crippen molar-refractivity contribution in [1.82, 2.24) is 9.97 Å². The maximum atomic E-state index is 12.6. The molecule has 1 N–H and O–H groups in total. The number of hydrogen-bond acceptors (Lipinski definition) is 6. The lowest BCUT2D eigenvalue weighted by Gasteiger charge is -2.09. The SMILES string of the molecule is CS(=O)(=O)c1ccccc1-c1ccc2nc(COc3ccc(S(=O)(=O)C(F)(F)F)cc3)[nH]c2c1. The Balaban J connectivity index is 1.54. The largest absolute Gasteiger partial charge is 0.501 e. The minimum absolute atomic E-state index is 0.0602. The van der Waals surface area contributed by atoms with Gasteiger partial charge in [0.1, 0.15) is 18.2 Å². The summed E-state index contributed by atoms with van der Waals surface area (Å²) in [5.74, 6) is 0.569. The zero-order valence-electron chi connectivity index (χ0n) is 17.5. The van der Waals surface area contributed by atoms with Crippen LogP contribution in [0.2, 0.25) is 0 Å². The third kappa shape index (κ3) is 4.64. The molecule has 0 spiro atoms. The van der Waals surface area contributed by atoms with Crippen LogP contribution >= 0.6 is 0 Å². The van der Waals surface area contributed by atoms with E-state index in [-0.39, 0.29) is 17.3 Å². The van der Waals surface area contributed by atoms with E-state index >= 15 is 0 Å². The molecule has 4 rings (SSSR count). The van der Waals surface area contributed by atoms with Crippen LogP contribution in [0.3, 0.4) is 0 Å². The van der Waals surface area contributed by atoms with Gasteiger partial charge >= 0.3 is 5.51 Å². The van der Waals surface area contributed by atoms with E-state index in [4.69, 9.17) is 4.74 Å². The number of imidazole rings is 1. The number of rotatable bonds is 6. The predicted molar refractivity (Wildman–Crippen MR) is 119 cm³/mol. The zero-order chi connectivity index (χ0) is 24.7. The normalized spacial score (nSPS) is 12.7. The van der Waals surface area contributed by atoms with Crippen molar-refractivity contribution in [3.05, 3.63) is 72.6 Å². The van der Waals surface area contributed by atoms with Crippen LogP contribution in [0.1, 0.15) is 5.82 Å². The first kappa shape index (κ1) is 23.8.